The molecule has 0 spiro atoms. The van der Waals surface area contributed by atoms with Gasteiger partial charge in [0.05, 0.1) is 5.56 Å². The van der Waals surface area contributed by atoms with Crippen molar-refractivity contribution in [3.63, 3.8) is 0 Å². The van der Waals surface area contributed by atoms with Gasteiger partial charge in [-0.15, -0.1) is 0 Å². The van der Waals surface area contributed by atoms with Crippen molar-refractivity contribution in [1.82, 2.24) is 0 Å². The van der Waals surface area contributed by atoms with Gasteiger partial charge in [-0.3, -0.25) is 0 Å². The summed E-state index contributed by atoms with van der Waals surface area (Å²) in [6.45, 7) is 0.163. The standard InChI is InChI=1S/C25H14FNO5/c26-18-7-3-1-6-16(18)24-27-23(25(28)32-24)17-12-21(31-19-8-4-2-5-15(17)19)14-9-10-20-22(11-14)30-13-29-20/h1-12H,13H2. The molecule has 7 heteroatoms. The highest BCUT2D eigenvalue weighted by molar-refractivity contribution is 6.16. The van der Waals surface area contributed by atoms with E-state index in [0.717, 1.165) is 5.56 Å². The molecule has 3 aromatic rings. The van der Waals surface area contributed by atoms with Crippen LogP contribution in [0.1, 0.15) is 16.7 Å². The highest BCUT2D eigenvalue weighted by Crippen LogP contribution is 2.42. The van der Waals surface area contributed by atoms with E-state index in [9.17, 15) is 9.18 Å². The minimum Gasteiger partial charge on any atom is -0.456 e. The lowest BCUT2D eigenvalue weighted by Gasteiger charge is -2.20. The Labute approximate surface area is 181 Å². The number of benzene rings is 3. The first-order valence-electron chi connectivity index (χ1n) is 9.86. The van der Waals surface area contributed by atoms with Crippen LogP contribution in [-0.4, -0.2) is 18.7 Å². The molecule has 0 fully saturated rings. The zero-order valence-electron chi connectivity index (χ0n) is 16.5. The number of carbonyl (C=O) groups excluding carboxylic acids is 1. The minimum atomic E-state index is -0.656. The van der Waals surface area contributed by atoms with Gasteiger partial charge >= 0.3 is 5.97 Å². The van der Waals surface area contributed by atoms with E-state index in [0.29, 0.717) is 34.1 Å². The van der Waals surface area contributed by atoms with Crippen LogP contribution in [0.15, 0.2) is 83.5 Å². The molecule has 6 rings (SSSR count). The third kappa shape index (κ3) is 2.94. The molecular weight excluding hydrogens is 413 g/mol. The molecule has 156 valence electrons. The first-order chi connectivity index (χ1) is 15.7. The molecule has 0 bridgehead atoms. The summed E-state index contributed by atoms with van der Waals surface area (Å²) in [5, 5.41) is 0. The van der Waals surface area contributed by atoms with Gasteiger partial charge in [-0.1, -0.05) is 30.3 Å². The van der Waals surface area contributed by atoms with Crippen LogP contribution in [0, 0.1) is 5.82 Å². The molecule has 0 atom stereocenters. The molecule has 32 heavy (non-hydrogen) atoms. The van der Waals surface area contributed by atoms with E-state index in [4.69, 9.17) is 18.9 Å². The number of hydrogen-bond acceptors (Lipinski definition) is 6. The quantitative estimate of drug-likeness (QED) is 0.438. The third-order valence-corrected chi connectivity index (χ3v) is 5.29. The number of allylic oxidation sites excluding steroid dienone is 2. The molecule has 3 heterocycles. The highest BCUT2D eigenvalue weighted by Gasteiger charge is 2.31. The van der Waals surface area contributed by atoms with Crippen LogP contribution in [0.5, 0.6) is 17.2 Å². The number of para-hydroxylation sites is 1. The number of ether oxygens (including phenoxy) is 4. The molecule has 0 aromatic heterocycles. The molecule has 0 N–H and O–H groups in total. The van der Waals surface area contributed by atoms with E-state index in [1.807, 2.05) is 30.3 Å². The Morgan fingerprint density at radius 1 is 0.812 bits per heavy atom. The molecule has 0 amide bonds. The van der Waals surface area contributed by atoms with Crippen molar-refractivity contribution in [3.05, 3.63) is 101 Å². The topological polar surface area (TPSA) is 66.4 Å². The number of aliphatic imine (C=N–C) groups is 1. The van der Waals surface area contributed by atoms with Crippen LogP contribution in [-0.2, 0) is 9.53 Å². The van der Waals surface area contributed by atoms with Gasteiger partial charge in [-0.2, -0.15) is 0 Å². The summed E-state index contributed by atoms with van der Waals surface area (Å²) in [6, 6.07) is 18.8. The summed E-state index contributed by atoms with van der Waals surface area (Å²) >= 11 is 0. The number of carbonyl (C=O) groups is 1. The molecule has 0 aliphatic carbocycles. The zero-order chi connectivity index (χ0) is 21.7. The first-order valence-corrected chi connectivity index (χ1v) is 9.86. The summed E-state index contributed by atoms with van der Waals surface area (Å²) in [7, 11) is 0. The average Bonchev–Trinajstić information content (AvgIpc) is 3.44. The monoisotopic (exact) mass is 427 g/mol. The molecule has 3 aliphatic rings. The Hall–Kier alpha value is -4.39. The summed E-state index contributed by atoms with van der Waals surface area (Å²) in [5.74, 6) is 1.09. The number of nitrogens with zero attached hydrogens (tertiary/aromatic N) is 1. The second-order valence-electron chi connectivity index (χ2n) is 7.22. The molecule has 0 radical (unpaired) electrons. The average molecular weight is 427 g/mol. The van der Waals surface area contributed by atoms with E-state index >= 15 is 0 Å². The number of esters is 1. The fourth-order valence-corrected chi connectivity index (χ4v) is 3.75. The Morgan fingerprint density at radius 2 is 1.59 bits per heavy atom. The maximum absolute atomic E-state index is 14.2. The fraction of sp³-hybridized carbons (Fsp3) is 0.0400. The summed E-state index contributed by atoms with van der Waals surface area (Å²) < 4.78 is 36.5. The third-order valence-electron chi connectivity index (χ3n) is 5.29. The Kier molecular flexibility index (Phi) is 4.07. The van der Waals surface area contributed by atoms with Gasteiger partial charge in [0.1, 0.15) is 17.3 Å². The first kappa shape index (κ1) is 18.4. The van der Waals surface area contributed by atoms with E-state index in [1.165, 1.54) is 12.1 Å². The number of cyclic esters (lactones) is 1. The number of halogens is 1. The smallest absolute Gasteiger partial charge is 0.364 e. The van der Waals surface area contributed by atoms with Gasteiger partial charge in [-0.25, -0.2) is 14.2 Å². The summed E-state index contributed by atoms with van der Waals surface area (Å²) in [6.07, 6.45) is 1.73. The molecule has 0 saturated carbocycles. The van der Waals surface area contributed by atoms with Crippen molar-refractivity contribution in [1.29, 1.82) is 0 Å². The maximum Gasteiger partial charge on any atom is 0.364 e. The molecule has 0 saturated heterocycles. The molecule has 3 aromatic carbocycles. The van der Waals surface area contributed by atoms with Gasteiger partial charge in [0.25, 0.3) is 0 Å². The minimum absolute atomic E-state index is 0.0717. The number of fused-ring (bicyclic) bond motifs is 2. The second kappa shape index (κ2) is 7.09. The van der Waals surface area contributed by atoms with Gasteiger partial charge < -0.3 is 18.9 Å². The van der Waals surface area contributed by atoms with Crippen LogP contribution >= 0.6 is 0 Å². The molecular formula is C25H14FNO5. The van der Waals surface area contributed by atoms with Crippen molar-refractivity contribution in [2.75, 3.05) is 6.79 Å². The predicted molar refractivity (Wildman–Crippen MR) is 114 cm³/mol. The van der Waals surface area contributed by atoms with Crippen LogP contribution in [0.3, 0.4) is 0 Å². The van der Waals surface area contributed by atoms with Gasteiger partial charge in [0.15, 0.2) is 17.2 Å². The lowest BCUT2D eigenvalue weighted by Crippen LogP contribution is -2.09. The van der Waals surface area contributed by atoms with E-state index in [2.05, 4.69) is 4.99 Å². The molecule has 6 nitrogen and oxygen atoms in total. The van der Waals surface area contributed by atoms with Crippen LogP contribution in [0.2, 0.25) is 0 Å². The fourth-order valence-electron chi connectivity index (χ4n) is 3.75. The largest absolute Gasteiger partial charge is 0.456 e. The number of hydrogen-bond donors (Lipinski definition) is 0. The zero-order valence-corrected chi connectivity index (χ0v) is 16.5. The van der Waals surface area contributed by atoms with Crippen LogP contribution in [0.4, 0.5) is 4.39 Å². The predicted octanol–water partition coefficient (Wildman–Crippen LogP) is 4.70. The highest BCUT2D eigenvalue weighted by atomic mass is 19.1. The van der Waals surface area contributed by atoms with Gasteiger partial charge in [-0.05, 0) is 42.5 Å². The van der Waals surface area contributed by atoms with Crippen molar-refractivity contribution >= 4 is 23.2 Å². The summed E-state index contributed by atoms with van der Waals surface area (Å²) in [5.41, 5.74) is 2.15. The van der Waals surface area contributed by atoms with Crippen molar-refractivity contribution < 1.29 is 28.1 Å². The van der Waals surface area contributed by atoms with E-state index < -0.39 is 11.8 Å². The van der Waals surface area contributed by atoms with Crippen molar-refractivity contribution in [2.45, 2.75) is 0 Å². The lowest BCUT2D eigenvalue weighted by atomic mass is 9.97. The van der Waals surface area contributed by atoms with Crippen molar-refractivity contribution in [3.8, 4) is 17.2 Å². The summed E-state index contributed by atoms with van der Waals surface area (Å²) in [4.78, 5) is 17.1. The Morgan fingerprint density at radius 3 is 2.47 bits per heavy atom. The van der Waals surface area contributed by atoms with Gasteiger partial charge in [0.2, 0.25) is 12.7 Å². The Bertz CT molecular complexity index is 1390. The lowest BCUT2D eigenvalue weighted by molar-refractivity contribution is -0.129. The SMILES string of the molecule is O=C1OC(c2ccccc2F)=NC1=C1C=C(c2ccc3c(c2)OCO3)Oc2ccccc21. The number of rotatable bonds is 2. The van der Waals surface area contributed by atoms with E-state index in [-0.39, 0.29) is 24.0 Å². The van der Waals surface area contributed by atoms with Crippen LogP contribution < -0.4 is 14.2 Å². The molecule has 3 aliphatic heterocycles. The maximum atomic E-state index is 14.2. The molecule has 0 unspecified atom stereocenters. The van der Waals surface area contributed by atoms with Crippen molar-refractivity contribution in [2.24, 2.45) is 4.99 Å². The van der Waals surface area contributed by atoms with Gasteiger partial charge in [0, 0.05) is 16.7 Å². The normalized spacial score (nSPS) is 18.5. The van der Waals surface area contributed by atoms with E-state index in [1.54, 1.807) is 30.3 Å². The van der Waals surface area contributed by atoms with Crippen LogP contribution in [0.25, 0.3) is 11.3 Å². The Balaban J connectivity index is 1.51. The second-order valence-corrected chi connectivity index (χ2v) is 7.22.